The molecular weight excluding hydrogens is 444 g/mol. The third kappa shape index (κ3) is 8.42. The van der Waals surface area contributed by atoms with Crippen molar-refractivity contribution in [2.45, 2.75) is 120 Å². The molecule has 4 aliphatic rings. The Labute approximate surface area is 209 Å². The van der Waals surface area contributed by atoms with Crippen LogP contribution in [0.3, 0.4) is 0 Å². The third-order valence-electron chi connectivity index (χ3n) is 7.64. The minimum atomic E-state index is -0.915. The average Bonchev–Trinajstić information content (AvgIpc) is 3.62. The van der Waals surface area contributed by atoms with Crippen LogP contribution in [0.2, 0.25) is 0 Å². The maximum atomic E-state index is 12.6. The first-order chi connectivity index (χ1) is 17.0. The number of carbonyl (C=O) groups is 1. The summed E-state index contributed by atoms with van der Waals surface area (Å²) in [6.07, 6.45) is 19.6. The van der Waals surface area contributed by atoms with E-state index < -0.39 is 24.3 Å². The fourth-order valence-corrected chi connectivity index (χ4v) is 5.52. The van der Waals surface area contributed by atoms with Crippen LogP contribution in [0.5, 0.6) is 0 Å². The zero-order valence-corrected chi connectivity index (χ0v) is 20.8. The number of allylic oxidation sites excluding steroid dienone is 1. The average molecular weight is 487 g/mol. The van der Waals surface area contributed by atoms with Crippen LogP contribution >= 0.6 is 0 Å². The van der Waals surface area contributed by atoms with Crippen LogP contribution in [-0.2, 0) is 19.0 Å². The summed E-state index contributed by atoms with van der Waals surface area (Å²) in [5.74, 6) is -0.0120. The first kappa shape index (κ1) is 26.3. The zero-order valence-electron chi connectivity index (χ0n) is 20.8. The van der Waals surface area contributed by atoms with Gasteiger partial charge < -0.3 is 24.4 Å². The van der Waals surface area contributed by atoms with E-state index in [0.717, 1.165) is 44.1 Å². The first-order valence-electron chi connectivity index (χ1n) is 13.5. The highest BCUT2D eigenvalue weighted by atomic mass is 16.6. The predicted molar refractivity (Wildman–Crippen MR) is 135 cm³/mol. The topological polar surface area (TPSA) is 88.5 Å². The van der Waals surface area contributed by atoms with Crippen molar-refractivity contribution >= 4 is 5.97 Å². The van der Waals surface area contributed by atoms with Crippen molar-refractivity contribution in [2.75, 3.05) is 0 Å². The molecule has 1 unspecified atom stereocenters. The molecule has 0 radical (unpaired) electrons. The number of cyclic esters (lactones) is 1. The lowest BCUT2D eigenvalue weighted by atomic mass is 9.88. The minimum Gasteiger partial charge on any atom is -0.456 e. The van der Waals surface area contributed by atoms with Crippen LogP contribution in [0, 0.1) is 5.92 Å². The molecule has 4 rings (SSSR count). The van der Waals surface area contributed by atoms with Gasteiger partial charge in [0, 0.05) is 12.5 Å². The Balaban J connectivity index is 1.42. The van der Waals surface area contributed by atoms with Gasteiger partial charge in [-0.3, -0.25) is 0 Å². The second-order valence-corrected chi connectivity index (χ2v) is 10.6. The molecule has 0 aromatic rings. The SMILES string of the molecule is C=C1CCC[C@@H]2CC=C[C@@H](C/C=C\C(=O)OC([C@@H](O)/C=C/C3CCCCC3)C[C@@H]3O[C@H]3[C@@H](O)C1)O2. The zero-order chi connectivity index (χ0) is 24.6. The van der Waals surface area contributed by atoms with Crippen LogP contribution in [0.4, 0.5) is 0 Å². The minimum absolute atomic E-state index is 0.0536. The molecule has 0 spiro atoms. The highest BCUT2D eigenvalue weighted by molar-refractivity contribution is 5.82. The van der Waals surface area contributed by atoms with Crippen molar-refractivity contribution in [1.29, 1.82) is 0 Å². The summed E-state index contributed by atoms with van der Waals surface area (Å²) in [7, 11) is 0. The molecule has 194 valence electrons. The number of esters is 1. The van der Waals surface area contributed by atoms with Gasteiger partial charge >= 0.3 is 5.97 Å². The summed E-state index contributed by atoms with van der Waals surface area (Å²) in [5, 5.41) is 21.5. The van der Waals surface area contributed by atoms with Crippen molar-refractivity contribution in [3.63, 3.8) is 0 Å². The van der Waals surface area contributed by atoms with Crippen LogP contribution in [0.15, 0.2) is 48.6 Å². The normalized spacial score (nSPS) is 37.7. The predicted octanol–water partition coefficient (Wildman–Crippen LogP) is 4.70. The maximum Gasteiger partial charge on any atom is 0.330 e. The Kier molecular flexibility index (Phi) is 9.78. The number of aliphatic hydroxyl groups excluding tert-OH is 2. The third-order valence-corrected chi connectivity index (χ3v) is 7.64. The summed E-state index contributed by atoms with van der Waals surface area (Å²) in [4.78, 5) is 12.6. The number of rotatable bonds is 3. The van der Waals surface area contributed by atoms with Crippen molar-refractivity contribution in [1.82, 2.24) is 0 Å². The number of epoxide rings is 1. The summed E-state index contributed by atoms with van der Waals surface area (Å²) >= 11 is 0. The maximum absolute atomic E-state index is 12.6. The second-order valence-electron chi connectivity index (χ2n) is 10.6. The van der Waals surface area contributed by atoms with Gasteiger partial charge in [-0.25, -0.2) is 4.79 Å². The molecule has 1 saturated carbocycles. The van der Waals surface area contributed by atoms with Crippen molar-refractivity contribution in [2.24, 2.45) is 5.92 Å². The van der Waals surface area contributed by atoms with Crippen molar-refractivity contribution in [3.05, 3.63) is 48.6 Å². The van der Waals surface area contributed by atoms with Crippen molar-refractivity contribution < 1.29 is 29.2 Å². The van der Waals surface area contributed by atoms with Gasteiger partial charge in [-0.2, -0.15) is 0 Å². The number of ether oxygens (including phenoxy) is 3. The molecule has 6 heteroatoms. The standard InChI is InChI=1S/C29H42O6/c1-20-8-5-11-22-12-6-13-23(33-22)14-7-15-28(32)34-26(19-27-29(35-27)25(31)18-20)24(30)17-16-21-9-3-2-4-10-21/h6-7,13,15-17,21-27,29-31H,1-5,8-12,14,18-19H2/b15-7-,17-16+/t22-,23+,24+,25+,26?,27+,29+/m1/s1. The molecule has 35 heavy (non-hydrogen) atoms. The lowest BCUT2D eigenvalue weighted by Crippen LogP contribution is -2.32. The molecule has 0 amide bonds. The van der Waals surface area contributed by atoms with Gasteiger partial charge in [0.2, 0.25) is 0 Å². The van der Waals surface area contributed by atoms with Gasteiger partial charge in [0.1, 0.15) is 18.3 Å². The van der Waals surface area contributed by atoms with E-state index in [-0.39, 0.29) is 24.4 Å². The van der Waals surface area contributed by atoms with Gasteiger partial charge in [0.15, 0.2) is 0 Å². The molecule has 1 saturated heterocycles. The molecule has 2 fully saturated rings. The number of hydrogen-bond acceptors (Lipinski definition) is 6. The molecule has 6 nitrogen and oxygen atoms in total. The summed E-state index contributed by atoms with van der Waals surface area (Å²) in [6.45, 7) is 4.15. The van der Waals surface area contributed by atoms with E-state index in [4.69, 9.17) is 14.2 Å². The Hall–Kier alpha value is -1.73. The van der Waals surface area contributed by atoms with E-state index in [1.807, 2.05) is 6.08 Å². The Morgan fingerprint density at radius 1 is 1.06 bits per heavy atom. The van der Waals surface area contributed by atoms with E-state index >= 15 is 0 Å². The highest BCUT2D eigenvalue weighted by Gasteiger charge is 2.46. The molecule has 3 aliphatic heterocycles. The Bertz CT molecular complexity index is 795. The monoisotopic (exact) mass is 486 g/mol. The Morgan fingerprint density at radius 2 is 1.89 bits per heavy atom. The smallest absolute Gasteiger partial charge is 0.330 e. The molecule has 7 atom stereocenters. The molecule has 3 heterocycles. The fraction of sp³-hybridized carbons (Fsp3) is 0.690. The van der Waals surface area contributed by atoms with E-state index in [1.165, 1.54) is 25.3 Å². The van der Waals surface area contributed by atoms with Crippen molar-refractivity contribution in [3.8, 4) is 0 Å². The number of carbonyl (C=O) groups excluding carboxylic acids is 1. The molecule has 2 N–H and O–H groups in total. The lowest BCUT2D eigenvalue weighted by molar-refractivity contribution is -0.148. The number of hydrogen-bond donors (Lipinski definition) is 2. The van der Waals surface area contributed by atoms with E-state index in [1.54, 1.807) is 12.2 Å². The molecule has 0 aromatic heterocycles. The highest BCUT2D eigenvalue weighted by Crippen LogP contribution is 2.34. The first-order valence-corrected chi connectivity index (χ1v) is 13.5. The molecule has 0 aromatic carbocycles. The van der Waals surface area contributed by atoms with Crippen LogP contribution in [-0.4, -0.2) is 58.9 Å². The quantitative estimate of drug-likeness (QED) is 0.341. The molecular formula is C29H42O6. The lowest BCUT2D eigenvalue weighted by Gasteiger charge is -2.25. The Morgan fingerprint density at radius 3 is 2.71 bits per heavy atom. The summed E-state index contributed by atoms with van der Waals surface area (Å²) in [5.41, 5.74) is 1.01. The summed E-state index contributed by atoms with van der Waals surface area (Å²) < 4.78 is 17.6. The van der Waals surface area contributed by atoms with Gasteiger partial charge in [0.25, 0.3) is 0 Å². The second kappa shape index (κ2) is 13.0. The number of fused-ring (bicyclic) bond motifs is 3. The van der Waals surface area contributed by atoms with Crippen LogP contribution in [0.25, 0.3) is 0 Å². The fourth-order valence-electron chi connectivity index (χ4n) is 5.52. The van der Waals surface area contributed by atoms with Gasteiger partial charge in [-0.1, -0.05) is 61.8 Å². The van der Waals surface area contributed by atoms with E-state index in [2.05, 4.69) is 18.7 Å². The van der Waals surface area contributed by atoms with Crippen LogP contribution < -0.4 is 0 Å². The summed E-state index contributed by atoms with van der Waals surface area (Å²) in [6, 6.07) is 0. The molecule has 2 bridgehead atoms. The van der Waals surface area contributed by atoms with Gasteiger partial charge in [-0.05, 0) is 57.3 Å². The number of aliphatic hydroxyl groups is 2. The van der Waals surface area contributed by atoms with E-state index in [0.29, 0.717) is 25.2 Å². The van der Waals surface area contributed by atoms with Gasteiger partial charge in [-0.15, -0.1) is 0 Å². The van der Waals surface area contributed by atoms with E-state index in [9.17, 15) is 15.0 Å². The molecule has 1 aliphatic carbocycles. The van der Waals surface area contributed by atoms with Crippen LogP contribution in [0.1, 0.15) is 77.0 Å². The largest absolute Gasteiger partial charge is 0.456 e. The van der Waals surface area contributed by atoms with Gasteiger partial charge in [0.05, 0.1) is 24.4 Å².